The van der Waals surface area contributed by atoms with E-state index in [1.54, 1.807) is 18.2 Å². The Morgan fingerprint density at radius 2 is 1.94 bits per heavy atom. The number of halogens is 3. The summed E-state index contributed by atoms with van der Waals surface area (Å²) in [7, 11) is 1.53. The van der Waals surface area contributed by atoms with Crippen molar-refractivity contribution in [3.8, 4) is 11.5 Å². The molecule has 0 N–H and O–H groups in total. The Kier molecular flexibility index (Phi) is 7.17. The molecule has 0 unspecified atom stereocenters. The topological polar surface area (TPSA) is 57.1 Å². The lowest BCUT2D eigenvalue weighted by Gasteiger charge is -2.13. The van der Waals surface area contributed by atoms with E-state index in [4.69, 9.17) is 25.8 Å². The van der Waals surface area contributed by atoms with Crippen LogP contribution in [0, 0.1) is 3.57 Å². The largest absolute Gasteiger partial charge is 0.493 e. The molecule has 0 bridgehead atoms. The van der Waals surface area contributed by atoms with Crippen molar-refractivity contribution in [2.75, 3.05) is 7.11 Å². The first kappa shape index (κ1) is 22.8. The first-order valence-corrected chi connectivity index (χ1v) is 11.7. The van der Waals surface area contributed by atoms with E-state index in [0.29, 0.717) is 28.7 Å². The molecule has 1 aliphatic rings. The van der Waals surface area contributed by atoms with Gasteiger partial charge in [0.05, 0.1) is 12.1 Å². The molecule has 162 valence electrons. The quantitative estimate of drug-likeness (QED) is 0.175. The Morgan fingerprint density at radius 1 is 1.16 bits per heavy atom. The van der Waals surface area contributed by atoms with Gasteiger partial charge in [-0.1, -0.05) is 39.7 Å². The van der Waals surface area contributed by atoms with Crippen LogP contribution in [0.3, 0.4) is 0 Å². The molecule has 0 aromatic heterocycles. The zero-order valence-corrected chi connectivity index (χ0v) is 21.3. The van der Waals surface area contributed by atoms with E-state index in [1.807, 2.05) is 48.5 Å². The van der Waals surface area contributed by atoms with Crippen LogP contribution >= 0.6 is 50.1 Å². The van der Waals surface area contributed by atoms with Crippen LogP contribution in [0.15, 0.2) is 75.8 Å². The molecule has 0 saturated carbocycles. The molecule has 5 nitrogen and oxygen atoms in total. The Morgan fingerprint density at radius 3 is 2.66 bits per heavy atom. The number of benzene rings is 3. The minimum absolute atomic E-state index is 0.180. The van der Waals surface area contributed by atoms with Gasteiger partial charge in [-0.15, -0.1) is 0 Å². The number of aliphatic imine (C=N–C) groups is 1. The first-order chi connectivity index (χ1) is 15.4. The van der Waals surface area contributed by atoms with Gasteiger partial charge >= 0.3 is 5.97 Å². The molecule has 0 radical (unpaired) electrons. The summed E-state index contributed by atoms with van der Waals surface area (Å²) in [5.41, 5.74) is 2.53. The van der Waals surface area contributed by atoms with Crippen molar-refractivity contribution >= 4 is 68.1 Å². The number of methoxy groups -OCH3 is 1. The van der Waals surface area contributed by atoms with Crippen LogP contribution in [0.4, 0.5) is 0 Å². The molecule has 0 fully saturated rings. The van der Waals surface area contributed by atoms with Crippen molar-refractivity contribution in [3.63, 3.8) is 0 Å². The van der Waals surface area contributed by atoms with Crippen molar-refractivity contribution in [1.29, 1.82) is 0 Å². The zero-order valence-electron chi connectivity index (χ0n) is 16.8. The molecule has 32 heavy (non-hydrogen) atoms. The smallest absolute Gasteiger partial charge is 0.363 e. The summed E-state index contributed by atoms with van der Waals surface area (Å²) >= 11 is 12.1. The van der Waals surface area contributed by atoms with Gasteiger partial charge < -0.3 is 14.2 Å². The predicted octanol–water partition coefficient (Wildman–Crippen LogP) is 6.64. The lowest BCUT2D eigenvalue weighted by molar-refractivity contribution is -0.129. The molecule has 0 aliphatic carbocycles. The highest BCUT2D eigenvalue weighted by atomic mass is 127. The summed E-state index contributed by atoms with van der Waals surface area (Å²) in [6, 6.07) is 18.8. The second kappa shape index (κ2) is 10.1. The monoisotopic (exact) mass is 623 g/mol. The fourth-order valence-corrected chi connectivity index (χ4v) is 4.11. The molecule has 4 rings (SSSR count). The average Bonchev–Trinajstić information content (AvgIpc) is 3.13. The summed E-state index contributed by atoms with van der Waals surface area (Å²) in [5.74, 6) is 0.620. The number of ether oxygens (including phenoxy) is 3. The number of nitrogens with zero attached hydrogens (tertiary/aromatic N) is 1. The fraction of sp³-hybridized carbons (Fsp3) is 0.0833. The predicted molar refractivity (Wildman–Crippen MR) is 136 cm³/mol. The number of carbonyl (C=O) groups is 1. The molecule has 3 aromatic rings. The van der Waals surface area contributed by atoms with E-state index >= 15 is 0 Å². The summed E-state index contributed by atoms with van der Waals surface area (Å²) < 4.78 is 18.8. The number of hydrogen-bond donors (Lipinski definition) is 0. The Bertz CT molecular complexity index is 1240. The van der Waals surface area contributed by atoms with E-state index in [-0.39, 0.29) is 11.6 Å². The second-order valence-corrected chi connectivity index (χ2v) is 9.36. The number of esters is 1. The van der Waals surface area contributed by atoms with Crippen LogP contribution in [0.5, 0.6) is 11.5 Å². The first-order valence-electron chi connectivity index (χ1n) is 9.46. The van der Waals surface area contributed by atoms with E-state index in [2.05, 4.69) is 43.5 Å². The Labute approximate surface area is 212 Å². The second-order valence-electron chi connectivity index (χ2n) is 6.80. The van der Waals surface area contributed by atoms with Crippen molar-refractivity contribution in [2.24, 2.45) is 4.99 Å². The van der Waals surface area contributed by atoms with Crippen molar-refractivity contribution < 1.29 is 19.0 Å². The van der Waals surface area contributed by atoms with Crippen LogP contribution in [-0.2, 0) is 16.1 Å². The highest BCUT2D eigenvalue weighted by Crippen LogP contribution is 2.38. The van der Waals surface area contributed by atoms with Crippen LogP contribution in [0.2, 0.25) is 5.02 Å². The lowest BCUT2D eigenvalue weighted by Crippen LogP contribution is -2.05. The van der Waals surface area contributed by atoms with Gasteiger partial charge in [-0.05, 0) is 88.3 Å². The van der Waals surface area contributed by atoms with Crippen LogP contribution in [0.1, 0.15) is 16.7 Å². The van der Waals surface area contributed by atoms with Crippen LogP contribution in [-0.4, -0.2) is 19.0 Å². The molecule has 1 heterocycles. The lowest BCUT2D eigenvalue weighted by atomic mass is 10.1. The van der Waals surface area contributed by atoms with Gasteiger partial charge in [0.15, 0.2) is 17.2 Å². The van der Waals surface area contributed by atoms with E-state index in [9.17, 15) is 4.79 Å². The molecular formula is C24H16BrClINO4. The van der Waals surface area contributed by atoms with Crippen molar-refractivity contribution in [3.05, 3.63) is 96.1 Å². The van der Waals surface area contributed by atoms with E-state index < -0.39 is 5.97 Å². The third kappa shape index (κ3) is 5.33. The third-order valence-corrected chi connectivity index (χ3v) is 6.03. The summed E-state index contributed by atoms with van der Waals surface area (Å²) in [5, 5.41) is 0.361. The number of rotatable bonds is 6. The van der Waals surface area contributed by atoms with Crippen LogP contribution < -0.4 is 9.47 Å². The Balaban J connectivity index is 1.59. The third-order valence-electron chi connectivity index (χ3n) is 4.54. The SMILES string of the molecule is COc1cc(/C=C2\N=C(c3ccc(I)cc3)OC2=O)cc(Cl)c1OCc1cccc(Br)c1. The standard InChI is InChI=1S/C24H16BrClINO4/c1-30-21-12-15(10-19(26)22(21)31-13-14-3-2-4-17(25)9-14)11-20-24(29)32-23(28-20)16-5-7-18(27)8-6-16/h2-12H,13H2,1H3/b20-11-. The van der Waals surface area contributed by atoms with Gasteiger partial charge in [-0.25, -0.2) is 9.79 Å². The molecule has 0 amide bonds. The maximum Gasteiger partial charge on any atom is 0.363 e. The highest BCUT2D eigenvalue weighted by Gasteiger charge is 2.24. The zero-order chi connectivity index (χ0) is 22.7. The number of hydrogen-bond acceptors (Lipinski definition) is 5. The molecule has 0 atom stereocenters. The minimum atomic E-state index is -0.524. The maximum atomic E-state index is 12.3. The fourth-order valence-electron chi connectivity index (χ4n) is 3.03. The highest BCUT2D eigenvalue weighted by molar-refractivity contribution is 14.1. The average molecular weight is 625 g/mol. The maximum absolute atomic E-state index is 12.3. The van der Waals surface area contributed by atoms with E-state index in [1.165, 1.54) is 7.11 Å². The molecule has 1 aliphatic heterocycles. The van der Waals surface area contributed by atoms with Crippen molar-refractivity contribution in [1.82, 2.24) is 0 Å². The van der Waals surface area contributed by atoms with Crippen LogP contribution in [0.25, 0.3) is 6.08 Å². The van der Waals surface area contributed by atoms with Gasteiger partial charge in [0, 0.05) is 13.6 Å². The van der Waals surface area contributed by atoms with Gasteiger partial charge in [-0.3, -0.25) is 0 Å². The summed E-state index contributed by atoms with van der Waals surface area (Å²) in [6.07, 6.45) is 1.61. The summed E-state index contributed by atoms with van der Waals surface area (Å²) in [4.78, 5) is 16.7. The number of cyclic esters (lactones) is 1. The van der Waals surface area contributed by atoms with Gasteiger partial charge in [0.1, 0.15) is 6.61 Å². The normalized spacial score (nSPS) is 14.3. The van der Waals surface area contributed by atoms with Gasteiger partial charge in [0.2, 0.25) is 5.90 Å². The Hall–Kier alpha value is -2.36. The molecule has 3 aromatic carbocycles. The minimum Gasteiger partial charge on any atom is -0.493 e. The summed E-state index contributed by atoms with van der Waals surface area (Å²) in [6.45, 7) is 0.325. The molecule has 0 saturated heterocycles. The van der Waals surface area contributed by atoms with Crippen molar-refractivity contribution in [2.45, 2.75) is 6.61 Å². The van der Waals surface area contributed by atoms with E-state index in [0.717, 1.165) is 19.2 Å². The van der Waals surface area contributed by atoms with Gasteiger partial charge in [0.25, 0.3) is 0 Å². The molecule has 0 spiro atoms. The molecular weight excluding hydrogens is 609 g/mol. The van der Waals surface area contributed by atoms with Gasteiger partial charge in [-0.2, -0.15) is 0 Å². The number of carbonyl (C=O) groups excluding carboxylic acids is 1. The molecule has 8 heteroatoms.